The first-order valence-corrected chi connectivity index (χ1v) is 6.85. The lowest BCUT2D eigenvalue weighted by atomic mass is 9.98. The molecule has 4 nitrogen and oxygen atoms in total. The molecule has 1 saturated heterocycles. The van der Waals surface area contributed by atoms with E-state index in [1.54, 1.807) is 4.90 Å². The molecule has 2 heterocycles. The lowest BCUT2D eigenvalue weighted by molar-refractivity contribution is -0.274. The zero-order chi connectivity index (χ0) is 15.2. The third kappa shape index (κ3) is 2.87. The lowest BCUT2D eigenvalue weighted by Gasteiger charge is -2.30. The molecule has 0 bridgehead atoms. The number of hydrogen-bond donors (Lipinski definition) is 1. The molecular weight excluding hydrogens is 321 g/mol. The van der Waals surface area contributed by atoms with Crippen LogP contribution in [-0.4, -0.2) is 36.8 Å². The van der Waals surface area contributed by atoms with Crippen LogP contribution < -0.4 is 10.1 Å². The highest BCUT2D eigenvalue weighted by Gasteiger charge is 2.42. The van der Waals surface area contributed by atoms with Crippen molar-refractivity contribution in [2.45, 2.75) is 25.7 Å². The molecule has 2 aliphatic rings. The first kappa shape index (κ1) is 16.9. The molecule has 8 heteroatoms. The molecule has 1 N–H and O–H groups in total. The van der Waals surface area contributed by atoms with E-state index in [-0.39, 0.29) is 35.7 Å². The first-order valence-electron chi connectivity index (χ1n) is 6.85. The summed E-state index contributed by atoms with van der Waals surface area (Å²) in [6.07, 6.45) is -4.22. The van der Waals surface area contributed by atoms with Gasteiger partial charge in [-0.3, -0.25) is 4.79 Å². The molecule has 0 radical (unpaired) electrons. The number of nitrogens with one attached hydrogen (secondary N) is 1. The van der Waals surface area contributed by atoms with Crippen molar-refractivity contribution in [1.29, 1.82) is 0 Å². The van der Waals surface area contributed by atoms with Crippen LogP contribution in [0.25, 0.3) is 0 Å². The second-order valence-electron chi connectivity index (χ2n) is 5.18. The molecule has 3 rings (SSSR count). The van der Waals surface area contributed by atoms with Gasteiger partial charge in [0.2, 0.25) is 0 Å². The van der Waals surface area contributed by atoms with Gasteiger partial charge in [-0.05, 0) is 23.6 Å². The number of benzene rings is 1. The quantitative estimate of drug-likeness (QED) is 0.903. The largest absolute Gasteiger partial charge is 0.573 e. The highest BCUT2D eigenvalue weighted by atomic mass is 35.5. The van der Waals surface area contributed by atoms with Crippen LogP contribution in [0, 0.1) is 0 Å². The molecule has 1 aromatic carbocycles. The molecule has 1 amide bonds. The van der Waals surface area contributed by atoms with Gasteiger partial charge in [0, 0.05) is 19.6 Å². The van der Waals surface area contributed by atoms with Gasteiger partial charge in [0.1, 0.15) is 5.75 Å². The van der Waals surface area contributed by atoms with E-state index < -0.39 is 6.36 Å². The Balaban J connectivity index is 0.00000176. The summed E-state index contributed by atoms with van der Waals surface area (Å²) in [7, 11) is 0. The van der Waals surface area contributed by atoms with Gasteiger partial charge in [-0.1, -0.05) is 13.0 Å². The summed E-state index contributed by atoms with van der Waals surface area (Å²) in [5, 5.41) is 3.17. The average Bonchev–Trinajstić information content (AvgIpc) is 2.71. The van der Waals surface area contributed by atoms with Crippen molar-refractivity contribution in [3.05, 3.63) is 28.8 Å². The predicted molar refractivity (Wildman–Crippen MR) is 76.4 cm³/mol. The number of amides is 1. The molecule has 0 unspecified atom stereocenters. The summed E-state index contributed by atoms with van der Waals surface area (Å²) in [6, 6.07) is 2.92. The molecule has 0 spiro atoms. The molecule has 0 aliphatic carbocycles. The van der Waals surface area contributed by atoms with Crippen molar-refractivity contribution in [3.63, 3.8) is 0 Å². The Labute approximate surface area is 132 Å². The number of rotatable bonds is 2. The maximum Gasteiger partial charge on any atom is 0.573 e. The van der Waals surface area contributed by atoms with Crippen LogP contribution in [0.2, 0.25) is 0 Å². The summed E-state index contributed by atoms with van der Waals surface area (Å²) in [4.78, 5) is 14.0. The smallest absolute Gasteiger partial charge is 0.405 e. The number of carbonyl (C=O) groups is 1. The Morgan fingerprint density at radius 1 is 1.41 bits per heavy atom. The van der Waals surface area contributed by atoms with Gasteiger partial charge in [-0.25, -0.2) is 0 Å². The SMILES string of the molecule is CCc1cc(OC(F)(F)F)c2c(c1)[C@H]1CNCCN1C2=O.Cl. The van der Waals surface area contributed by atoms with Crippen LogP contribution in [0.3, 0.4) is 0 Å². The number of nitrogens with zero attached hydrogens (tertiary/aromatic N) is 1. The van der Waals surface area contributed by atoms with Gasteiger partial charge < -0.3 is 15.0 Å². The Morgan fingerprint density at radius 2 is 2.14 bits per heavy atom. The minimum Gasteiger partial charge on any atom is -0.405 e. The van der Waals surface area contributed by atoms with Crippen molar-refractivity contribution in [2.24, 2.45) is 0 Å². The van der Waals surface area contributed by atoms with Crippen LogP contribution in [-0.2, 0) is 6.42 Å². The minimum atomic E-state index is -4.80. The van der Waals surface area contributed by atoms with Gasteiger partial charge in [-0.15, -0.1) is 25.6 Å². The van der Waals surface area contributed by atoms with Gasteiger partial charge in [-0.2, -0.15) is 0 Å². The Hall–Kier alpha value is -1.47. The number of fused-ring (bicyclic) bond motifs is 3. The molecule has 122 valence electrons. The van der Waals surface area contributed by atoms with E-state index in [9.17, 15) is 18.0 Å². The topological polar surface area (TPSA) is 41.6 Å². The third-order valence-corrected chi connectivity index (χ3v) is 3.90. The van der Waals surface area contributed by atoms with E-state index in [1.807, 2.05) is 13.0 Å². The zero-order valence-corrected chi connectivity index (χ0v) is 12.7. The predicted octanol–water partition coefficient (Wildman–Crippen LogP) is 2.67. The fraction of sp³-hybridized carbons (Fsp3) is 0.500. The number of alkyl halides is 3. The van der Waals surface area contributed by atoms with Crippen LogP contribution in [0.4, 0.5) is 13.2 Å². The number of halogens is 4. The third-order valence-electron chi connectivity index (χ3n) is 3.90. The second kappa shape index (κ2) is 5.96. The lowest BCUT2D eigenvalue weighted by Crippen LogP contribution is -2.44. The van der Waals surface area contributed by atoms with Crippen molar-refractivity contribution in [3.8, 4) is 5.75 Å². The average molecular weight is 337 g/mol. The Morgan fingerprint density at radius 3 is 2.77 bits per heavy atom. The van der Waals surface area contributed by atoms with Crippen LogP contribution in [0.5, 0.6) is 5.75 Å². The number of aryl methyl sites for hydroxylation is 1. The van der Waals surface area contributed by atoms with Crippen LogP contribution >= 0.6 is 12.4 Å². The normalized spacial score (nSPS) is 20.3. The first-order chi connectivity index (χ1) is 9.90. The molecular formula is C14H16ClF3N2O2. The standard InChI is InChI=1S/C14H15F3N2O2.ClH/c1-2-8-5-9-10-7-18-3-4-19(10)13(20)12(9)11(6-8)21-14(15,16)17;/h5-6,10,18H,2-4,7H2,1H3;1H/t10-;/m1./s1. The van der Waals surface area contributed by atoms with Crippen molar-refractivity contribution < 1.29 is 22.7 Å². The molecule has 0 saturated carbocycles. The van der Waals surface area contributed by atoms with Crippen LogP contribution in [0.15, 0.2) is 12.1 Å². The van der Waals surface area contributed by atoms with Crippen LogP contribution in [0.1, 0.15) is 34.5 Å². The fourth-order valence-electron chi connectivity index (χ4n) is 2.97. The Kier molecular flexibility index (Phi) is 4.58. The van der Waals surface area contributed by atoms with Gasteiger partial charge >= 0.3 is 6.36 Å². The van der Waals surface area contributed by atoms with Gasteiger partial charge in [0.15, 0.2) is 0 Å². The van der Waals surface area contributed by atoms with Crippen molar-refractivity contribution >= 4 is 18.3 Å². The van der Waals surface area contributed by atoms with E-state index >= 15 is 0 Å². The molecule has 1 fully saturated rings. The highest BCUT2D eigenvalue weighted by Crippen LogP contribution is 2.41. The maximum atomic E-state index is 12.6. The number of carbonyl (C=O) groups excluding carboxylic acids is 1. The molecule has 1 atom stereocenters. The van der Waals surface area contributed by atoms with Gasteiger partial charge in [0.05, 0.1) is 11.6 Å². The van der Waals surface area contributed by atoms with E-state index in [0.717, 1.165) is 5.56 Å². The highest BCUT2D eigenvalue weighted by molar-refractivity contribution is 6.02. The summed E-state index contributed by atoms with van der Waals surface area (Å²) < 4.78 is 41.8. The van der Waals surface area contributed by atoms with E-state index in [4.69, 9.17) is 0 Å². The maximum absolute atomic E-state index is 12.6. The summed E-state index contributed by atoms with van der Waals surface area (Å²) in [5.41, 5.74) is 1.41. The molecule has 0 aromatic heterocycles. The minimum absolute atomic E-state index is 0. The van der Waals surface area contributed by atoms with Gasteiger partial charge in [0.25, 0.3) is 5.91 Å². The van der Waals surface area contributed by atoms with Crippen molar-refractivity contribution in [2.75, 3.05) is 19.6 Å². The number of ether oxygens (including phenoxy) is 1. The second-order valence-corrected chi connectivity index (χ2v) is 5.18. The summed E-state index contributed by atoms with van der Waals surface area (Å²) in [6.45, 7) is 3.54. The summed E-state index contributed by atoms with van der Waals surface area (Å²) >= 11 is 0. The van der Waals surface area contributed by atoms with E-state index in [1.165, 1.54) is 6.07 Å². The summed E-state index contributed by atoms with van der Waals surface area (Å²) in [5.74, 6) is -0.755. The molecule has 22 heavy (non-hydrogen) atoms. The number of hydrogen-bond acceptors (Lipinski definition) is 3. The fourth-order valence-corrected chi connectivity index (χ4v) is 2.97. The van der Waals surface area contributed by atoms with E-state index in [2.05, 4.69) is 10.1 Å². The number of piperazine rings is 1. The molecule has 2 aliphatic heterocycles. The van der Waals surface area contributed by atoms with Crippen molar-refractivity contribution in [1.82, 2.24) is 10.2 Å². The Bertz CT molecular complexity index is 592. The monoisotopic (exact) mass is 336 g/mol. The molecule has 1 aromatic rings. The van der Waals surface area contributed by atoms with E-state index in [0.29, 0.717) is 31.6 Å². The zero-order valence-electron chi connectivity index (χ0n) is 11.9.